The quantitative estimate of drug-likeness (QED) is 0.0457. The van der Waals surface area contributed by atoms with E-state index >= 15 is 33.6 Å². The number of amides is 6. The number of phenols is 3. The number of carbonyl (C=O) groups is 9. The van der Waals surface area contributed by atoms with E-state index in [1.165, 1.54) is 43.4 Å². The Morgan fingerprint density at radius 3 is 1.83 bits per heavy atom. The third kappa shape index (κ3) is 16.3. The first-order valence-electron chi connectivity index (χ1n) is 39.4. The number of hydrogen-bond donors (Lipinski definition) is 14. The van der Waals surface area contributed by atoms with Gasteiger partial charge in [-0.15, -0.1) is 0 Å². The summed E-state index contributed by atoms with van der Waals surface area (Å²) < 4.78 is 31.5. The van der Waals surface area contributed by atoms with Gasteiger partial charge in [-0.1, -0.05) is 104 Å². The minimum atomic E-state index is -2.20. The van der Waals surface area contributed by atoms with Gasteiger partial charge in [0.1, 0.15) is 102 Å². The maximum Gasteiger partial charge on any atom is 0.410 e. The van der Waals surface area contributed by atoms with Crippen molar-refractivity contribution in [3.63, 3.8) is 0 Å². The van der Waals surface area contributed by atoms with Crippen LogP contribution in [0.1, 0.15) is 153 Å². The zero-order valence-electron chi connectivity index (χ0n) is 64.3. The maximum absolute atomic E-state index is 16.4. The lowest BCUT2D eigenvalue weighted by atomic mass is 9.51. The van der Waals surface area contributed by atoms with E-state index in [1.54, 1.807) is 13.8 Å². The van der Waals surface area contributed by atoms with E-state index in [2.05, 4.69) is 21.3 Å². The molecule has 7 aromatic rings. The number of fused-ring (bicyclic) bond motifs is 18. The summed E-state index contributed by atoms with van der Waals surface area (Å²) in [6.07, 6.45) is -13.5. The van der Waals surface area contributed by atoms with E-state index in [1.807, 2.05) is 48.5 Å². The van der Waals surface area contributed by atoms with Crippen LogP contribution in [0.15, 0.2) is 127 Å². The van der Waals surface area contributed by atoms with Crippen molar-refractivity contribution in [2.24, 2.45) is 47.2 Å². The van der Waals surface area contributed by atoms with E-state index in [4.69, 9.17) is 52.6 Å². The molecule has 11 aliphatic rings. The first kappa shape index (κ1) is 82.4. The van der Waals surface area contributed by atoms with Gasteiger partial charge in [0.25, 0.3) is 0 Å². The van der Waals surface area contributed by atoms with Crippen molar-refractivity contribution >= 4 is 76.2 Å². The number of aliphatic hydroxyl groups excluding tert-OH is 6. The Morgan fingerprint density at radius 2 is 1.23 bits per heavy atom. The Balaban J connectivity index is 0.852. The van der Waals surface area contributed by atoms with E-state index in [9.17, 15) is 55.5 Å². The summed E-state index contributed by atoms with van der Waals surface area (Å²) in [6, 6.07) is 20.8. The SMILES string of the molecule is CC(C)C[C@H](C(=O)N[C@H]1C(=O)C[C@@H](CC(N)=O)C(=O)N[C@H]2C(=O)C[C@H]3C(=O)N[C@H](C(=O)N[C@H](C(=O)CC4C5CC6CC(C5)CC4C6)c4cc(O)cc(O)c4-c4cc3ccc4O)[C@H](O)c3ccc(c(Cl)c3)Oc3cc2cc(c3O[C@@H]2O[C@H](CO)[C@@H](O)[C@H](O)[C@H]2O)Oc2ccc(cc2Cl)[C@H]1O)N(C)C(=O)OCC1c2ccccc2-c2ccccc21. The van der Waals surface area contributed by atoms with Crippen LogP contribution in [0.3, 0.4) is 0 Å². The van der Waals surface area contributed by atoms with Gasteiger partial charge >= 0.3 is 6.09 Å². The number of benzene rings is 7. The molecule has 6 amide bonds. The summed E-state index contributed by atoms with van der Waals surface area (Å²) >= 11 is 14.3. The molecule has 18 rings (SSSR count). The number of primary amides is 1. The number of nitrogens with one attached hydrogen (secondary N) is 4. The van der Waals surface area contributed by atoms with Gasteiger partial charge < -0.3 is 96.6 Å². The van der Waals surface area contributed by atoms with E-state index < -0.39 is 198 Å². The molecule has 5 aliphatic carbocycles. The number of hydrogen-bond acceptors (Lipinski definition) is 23. The second kappa shape index (κ2) is 33.6. The van der Waals surface area contributed by atoms with E-state index in [-0.39, 0.29) is 110 Å². The summed E-state index contributed by atoms with van der Waals surface area (Å²) in [5.41, 5.74) is 8.01. The molecule has 14 atom stereocenters. The second-order valence-corrected chi connectivity index (χ2v) is 33.6. The number of aromatic hydroxyl groups is 3. The van der Waals surface area contributed by atoms with Crippen LogP contribution in [-0.2, 0) is 47.8 Å². The number of nitrogens with zero attached hydrogens (tertiary/aromatic N) is 1. The van der Waals surface area contributed by atoms with Crippen molar-refractivity contribution in [3.8, 4) is 68.2 Å². The van der Waals surface area contributed by atoms with Gasteiger partial charge in [-0.2, -0.15) is 0 Å². The lowest BCUT2D eigenvalue weighted by Gasteiger charge is -2.54. The maximum atomic E-state index is 16.4. The van der Waals surface area contributed by atoms with Crippen LogP contribution in [0.25, 0.3) is 22.3 Å². The summed E-state index contributed by atoms with van der Waals surface area (Å²) in [5, 5.41) is 115. The van der Waals surface area contributed by atoms with E-state index in [0.29, 0.717) is 11.8 Å². The van der Waals surface area contributed by atoms with Crippen LogP contribution in [-0.4, -0.2) is 173 Å². The number of Topliss-reactive ketones (excluding diaryl/α,β-unsaturated/α-hetero) is 3. The normalized spacial score (nSPS) is 28.1. The third-order valence-corrected chi connectivity index (χ3v) is 25.2. The van der Waals surface area contributed by atoms with Gasteiger partial charge in [0.05, 0.1) is 28.5 Å². The van der Waals surface area contributed by atoms with Crippen molar-refractivity contribution in [1.29, 1.82) is 0 Å². The Morgan fingerprint density at radius 1 is 0.619 bits per heavy atom. The summed E-state index contributed by atoms with van der Waals surface area (Å²) in [7, 11) is 1.33. The molecule has 29 nitrogen and oxygen atoms in total. The number of ether oxygens (including phenoxy) is 5. The lowest BCUT2D eigenvalue weighted by molar-refractivity contribution is -0.277. The monoisotopic (exact) mass is 1660 g/mol. The third-order valence-electron chi connectivity index (χ3n) is 24.6. The topological polar surface area (TPSA) is 459 Å². The van der Waals surface area contributed by atoms with Gasteiger partial charge in [0.2, 0.25) is 41.6 Å². The molecule has 0 spiro atoms. The Bertz CT molecular complexity index is 5100. The molecule has 0 unspecified atom stereocenters. The fourth-order valence-corrected chi connectivity index (χ4v) is 19.4. The average molecular weight is 1660 g/mol. The van der Waals surface area contributed by atoms with Gasteiger partial charge in [0, 0.05) is 55.8 Å². The molecule has 1 saturated heterocycles. The van der Waals surface area contributed by atoms with Gasteiger partial charge in [-0.25, -0.2) is 4.79 Å². The molecule has 118 heavy (non-hydrogen) atoms. The molecule has 6 aliphatic heterocycles. The molecule has 6 heterocycles. The fourth-order valence-electron chi connectivity index (χ4n) is 18.9. The highest BCUT2D eigenvalue weighted by Crippen LogP contribution is 2.59. The molecule has 5 fully saturated rings. The van der Waals surface area contributed by atoms with Crippen molar-refractivity contribution in [3.05, 3.63) is 176 Å². The van der Waals surface area contributed by atoms with Crippen molar-refractivity contribution < 1.29 is 113 Å². The Kier molecular flexibility index (Phi) is 23.4. The predicted octanol–water partition coefficient (Wildman–Crippen LogP) is 8.45. The molecule has 0 radical (unpaired) electrons. The van der Waals surface area contributed by atoms with E-state index in [0.717, 1.165) is 102 Å². The standard InChI is InChI=1S/C87H90Cl2N6O23/c1-37(2)18-59(95(3)87(113)114-36-56-50-10-6-4-8-48(50)49-9-5-7-11-51(49)56)84(111)93-74-62(100)27-46(30-70(90)103)82(109)91-72-45-28-67(115-65-16-13-41(76(74)104)25-57(65)88)81(118-86-80(108)79(107)78(106)69(35-96)117-86)68(29-45)116-66-17-14-42(26-58(66)89)77(105)75-85(112)92-73(64(102)33-52-43-20-38-19-39(22-43)23-44(52)21-38)55-31-47(97)32-61(99)71(55)54-24-40(12-15-60(54)98)53(34-63(72)101)83(110)94-75/h4-17,24-26,28-29,31-32,37-39,43-44,46,52-53,56,59,69,72-80,86,96-99,104-108H,18-23,27,30,33-36H2,1-3H3,(H2,90,103)(H,91,109)(H,92,112)(H,93,111)(H,94,110)/t38?,39?,43?,44?,46-,52?,53+,59+,69+,72+,73-,74-,75-,76+,77+,78+,79-,80+,86-/m0/s1. The fraction of sp³-hybridized carbons (Fsp3) is 0.414. The molecule has 620 valence electrons. The molecular formula is C87H90Cl2N6O23. The molecule has 31 heteroatoms. The number of phenolic OH excluding ortho intramolecular Hbond substituents is 3. The van der Waals surface area contributed by atoms with Crippen LogP contribution in [0.2, 0.25) is 10.0 Å². The Labute approximate surface area is 686 Å². The average Bonchev–Trinajstić information content (AvgIpc) is 0.943. The summed E-state index contributed by atoms with van der Waals surface area (Å²) in [5.74, 6) is -16.2. The minimum Gasteiger partial charge on any atom is -0.508 e. The number of nitrogens with two attached hydrogens (primary N) is 1. The first-order valence-corrected chi connectivity index (χ1v) is 40.1. The molecule has 7 aromatic carbocycles. The predicted molar refractivity (Wildman–Crippen MR) is 422 cm³/mol. The van der Waals surface area contributed by atoms with Crippen LogP contribution in [0, 0.1) is 41.4 Å². The zero-order chi connectivity index (χ0) is 83.7. The summed E-state index contributed by atoms with van der Waals surface area (Å²) in [4.78, 5) is 139. The van der Waals surface area contributed by atoms with Crippen LogP contribution in [0.5, 0.6) is 46.0 Å². The smallest absolute Gasteiger partial charge is 0.410 e. The van der Waals surface area contributed by atoms with Gasteiger partial charge in [-0.3, -0.25) is 43.3 Å². The number of rotatable bonds is 15. The summed E-state index contributed by atoms with van der Waals surface area (Å²) in [6.45, 7) is 2.47. The molecule has 15 bridgehead atoms. The highest BCUT2D eigenvalue weighted by molar-refractivity contribution is 6.32. The van der Waals surface area contributed by atoms with Gasteiger partial charge in [-0.05, 0) is 179 Å². The van der Waals surface area contributed by atoms with Crippen molar-refractivity contribution in [1.82, 2.24) is 26.2 Å². The number of halogens is 2. The molecular weight excluding hydrogens is 1570 g/mol. The van der Waals surface area contributed by atoms with Crippen LogP contribution >= 0.6 is 23.2 Å². The van der Waals surface area contributed by atoms with Crippen molar-refractivity contribution in [2.75, 3.05) is 20.3 Å². The largest absolute Gasteiger partial charge is 0.508 e. The first-order chi connectivity index (χ1) is 56.4. The molecule has 0 aromatic heterocycles. The molecule has 4 saturated carbocycles. The van der Waals surface area contributed by atoms with Crippen LogP contribution < -0.4 is 41.2 Å². The van der Waals surface area contributed by atoms with Crippen molar-refractivity contribution in [2.45, 2.75) is 163 Å². The highest BCUT2D eigenvalue weighted by atomic mass is 35.5. The highest BCUT2D eigenvalue weighted by Gasteiger charge is 2.51. The van der Waals surface area contributed by atoms with Crippen LogP contribution in [0.4, 0.5) is 4.79 Å². The second-order valence-electron chi connectivity index (χ2n) is 32.8. The zero-order valence-corrected chi connectivity index (χ0v) is 65.8. The molecule has 15 N–H and O–H groups in total. The number of aliphatic hydroxyl groups is 6. The lowest BCUT2D eigenvalue weighted by Crippen LogP contribution is -2.60. The Hall–Kier alpha value is -10.7. The minimum absolute atomic E-state index is 0.0426. The number of ketones is 3. The van der Waals surface area contributed by atoms with Gasteiger partial charge in [0.15, 0.2) is 28.8 Å². The number of likely N-dealkylation sites (N-methyl/N-ethyl adjacent to an activating group) is 1. The number of carbonyl (C=O) groups excluding carboxylic acids is 9.